The van der Waals surface area contributed by atoms with Gasteiger partial charge in [-0.1, -0.05) is 53.0 Å². The van der Waals surface area contributed by atoms with Crippen molar-refractivity contribution in [2.45, 2.75) is 6.92 Å². The smallest absolute Gasteiger partial charge is 0.163 e. The average Bonchev–Trinajstić information content (AvgIpc) is 2.43. The van der Waals surface area contributed by atoms with E-state index in [4.69, 9.17) is 34.8 Å². The Morgan fingerprint density at radius 1 is 0.850 bits per heavy atom. The monoisotopic (exact) mass is 322 g/mol. The molecule has 0 saturated heterocycles. The fourth-order valence-corrected chi connectivity index (χ4v) is 2.84. The van der Waals surface area contributed by atoms with Crippen LogP contribution in [0.25, 0.3) is 22.3 Å². The number of hydrogen-bond donors (Lipinski definition) is 0. The number of benzene rings is 2. The molecule has 1 aromatic heterocycles. The Labute approximate surface area is 131 Å². The summed E-state index contributed by atoms with van der Waals surface area (Å²) in [6.45, 7) is 1.96. The highest BCUT2D eigenvalue weighted by Crippen LogP contribution is 2.33. The second kappa shape index (κ2) is 5.21. The first-order valence-electron chi connectivity index (χ1n) is 5.95. The number of fused-ring (bicyclic) bond motifs is 1. The SMILES string of the molecule is Cc1ccc(Cl)c2c(Cl)nc(-c3ccccc3Cl)nc12. The number of hydrogen-bond acceptors (Lipinski definition) is 2. The van der Waals surface area contributed by atoms with Crippen LogP contribution in [0, 0.1) is 6.92 Å². The van der Waals surface area contributed by atoms with Crippen molar-refractivity contribution in [3.63, 3.8) is 0 Å². The van der Waals surface area contributed by atoms with E-state index in [9.17, 15) is 0 Å². The zero-order valence-electron chi connectivity index (χ0n) is 10.5. The largest absolute Gasteiger partial charge is 0.228 e. The Balaban J connectivity index is 2.36. The lowest BCUT2D eigenvalue weighted by molar-refractivity contribution is 1.22. The summed E-state index contributed by atoms with van der Waals surface area (Å²) in [6, 6.07) is 11.1. The van der Waals surface area contributed by atoms with E-state index in [1.165, 1.54) is 0 Å². The Kier molecular flexibility index (Phi) is 3.55. The molecule has 1 heterocycles. The third kappa shape index (κ3) is 2.24. The highest BCUT2D eigenvalue weighted by Gasteiger charge is 2.14. The molecule has 0 fully saturated rings. The van der Waals surface area contributed by atoms with E-state index < -0.39 is 0 Å². The first-order valence-corrected chi connectivity index (χ1v) is 7.08. The van der Waals surface area contributed by atoms with Gasteiger partial charge >= 0.3 is 0 Å². The summed E-state index contributed by atoms with van der Waals surface area (Å²) >= 11 is 18.6. The molecule has 0 unspecified atom stereocenters. The van der Waals surface area contributed by atoms with Gasteiger partial charge in [0.25, 0.3) is 0 Å². The maximum atomic E-state index is 6.26. The van der Waals surface area contributed by atoms with Crippen molar-refractivity contribution in [1.29, 1.82) is 0 Å². The number of rotatable bonds is 1. The minimum atomic E-state index is 0.332. The summed E-state index contributed by atoms with van der Waals surface area (Å²) in [5.41, 5.74) is 2.48. The molecule has 0 saturated carbocycles. The Hall–Kier alpha value is -1.35. The molecule has 0 atom stereocenters. The lowest BCUT2D eigenvalue weighted by Gasteiger charge is -2.09. The highest BCUT2D eigenvalue weighted by atomic mass is 35.5. The molecule has 0 amide bonds. The molecular formula is C15H9Cl3N2. The Morgan fingerprint density at radius 3 is 2.35 bits per heavy atom. The second-order valence-corrected chi connectivity index (χ2v) is 5.58. The van der Waals surface area contributed by atoms with Gasteiger partial charge in [0.05, 0.1) is 20.9 Å². The van der Waals surface area contributed by atoms with E-state index >= 15 is 0 Å². The van der Waals surface area contributed by atoms with Gasteiger partial charge in [-0.15, -0.1) is 0 Å². The number of aryl methyl sites for hydroxylation is 1. The summed E-state index contributed by atoms with van der Waals surface area (Å²) in [6.07, 6.45) is 0. The van der Waals surface area contributed by atoms with Crippen molar-refractivity contribution in [2.75, 3.05) is 0 Å². The molecule has 0 aliphatic heterocycles. The summed E-state index contributed by atoms with van der Waals surface area (Å²) in [7, 11) is 0. The van der Waals surface area contributed by atoms with E-state index in [0.717, 1.165) is 16.6 Å². The normalized spacial score (nSPS) is 11.0. The lowest BCUT2D eigenvalue weighted by atomic mass is 10.1. The predicted octanol–water partition coefficient (Wildman–Crippen LogP) is 5.57. The molecule has 0 N–H and O–H groups in total. The molecule has 0 radical (unpaired) electrons. The average molecular weight is 324 g/mol. The Bertz CT molecular complexity index is 816. The van der Waals surface area contributed by atoms with Crippen LogP contribution in [0.3, 0.4) is 0 Å². The third-order valence-corrected chi connectivity index (χ3v) is 3.99. The van der Waals surface area contributed by atoms with E-state index in [0.29, 0.717) is 26.4 Å². The van der Waals surface area contributed by atoms with Gasteiger partial charge in [0, 0.05) is 5.56 Å². The minimum Gasteiger partial charge on any atom is -0.228 e. The molecule has 5 heteroatoms. The second-order valence-electron chi connectivity index (χ2n) is 4.41. The standard InChI is InChI=1S/C15H9Cl3N2/c1-8-6-7-11(17)12-13(8)19-15(20-14(12)18)9-4-2-3-5-10(9)16/h2-7H,1H3. The van der Waals surface area contributed by atoms with Gasteiger partial charge in [0.2, 0.25) is 0 Å². The molecule has 0 spiro atoms. The van der Waals surface area contributed by atoms with Crippen LogP contribution < -0.4 is 0 Å². The zero-order chi connectivity index (χ0) is 14.3. The topological polar surface area (TPSA) is 25.8 Å². The van der Waals surface area contributed by atoms with E-state index in [1.54, 1.807) is 12.1 Å². The van der Waals surface area contributed by atoms with Crippen molar-refractivity contribution < 1.29 is 0 Å². The van der Waals surface area contributed by atoms with Gasteiger partial charge in [0.15, 0.2) is 5.82 Å². The fourth-order valence-electron chi connectivity index (χ4n) is 2.05. The number of aromatic nitrogens is 2. The van der Waals surface area contributed by atoms with E-state index in [1.807, 2.05) is 31.2 Å². The van der Waals surface area contributed by atoms with Crippen molar-refractivity contribution in [2.24, 2.45) is 0 Å². The van der Waals surface area contributed by atoms with Gasteiger partial charge in [-0.25, -0.2) is 9.97 Å². The molecule has 2 nitrogen and oxygen atoms in total. The fraction of sp³-hybridized carbons (Fsp3) is 0.0667. The molecule has 20 heavy (non-hydrogen) atoms. The number of halogens is 3. The highest BCUT2D eigenvalue weighted by molar-refractivity contribution is 6.41. The van der Waals surface area contributed by atoms with Gasteiger partial charge in [-0.05, 0) is 30.7 Å². The molecule has 2 aromatic carbocycles. The first kappa shape index (κ1) is 13.6. The zero-order valence-corrected chi connectivity index (χ0v) is 12.8. The third-order valence-electron chi connectivity index (χ3n) is 3.07. The van der Waals surface area contributed by atoms with Crippen LogP contribution in [0.5, 0.6) is 0 Å². The molecule has 100 valence electrons. The molecule has 3 aromatic rings. The van der Waals surface area contributed by atoms with Crippen molar-refractivity contribution in [3.8, 4) is 11.4 Å². The van der Waals surface area contributed by atoms with E-state index in [2.05, 4.69) is 9.97 Å². The van der Waals surface area contributed by atoms with Crippen LogP contribution in [0.15, 0.2) is 36.4 Å². The quantitative estimate of drug-likeness (QED) is 0.547. The summed E-state index contributed by atoms with van der Waals surface area (Å²) in [5.74, 6) is 0.499. The van der Waals surface area contributed by atoms with Crippen LogP contribution in [0.2, 0.25) is 15.2 Å². The van der Waals surface area contributed by atoms with Crippen LogP contribution in [-0.2, 0) is 0 Å². The van der Waals surface area contributed by atoms with Gasteiger partial charge in [-0.3, -0.25) is 0 Å². The first-order chi connectivity index (χ1) is 9.58. The molecular weight excluding hydrogens is 315 g/mol. The summed E-state index contributed by atoms with van der Waals surface area (Å²) < 4.78 is 0. The van der Waals surface area contributed by atoms with Crippen molar-refractivity contribution >= 4 is 45.7 Å². The minimum absolute atomic E-state index is 0.332. The van der Waals surface area contributed by atoms with E-state index in [-0.39, 0.29) is 0 Å². The Morgan fingerprint density at radius 2 is 1.60 bits per heavy atom. The summed E-state index contributed by atoms with van der Waals surface area (Å²) in [4.78, 5) is 8.88. The van der Waals surface area contributed by atoms with Crippen LogP contribution >= 0.6 is 34.8 Å². The maximum absolute atomic E-state index is 6.26. The summed E-state index contributed by atoms with van der Waals surface area (Å²) in [5, 5.41) is 2.13. The lowest BCUT2D eigenvalue weighted by Crippen LogP contribution is -1.94. The van der Waals surface area contributed by atoms with Crippen LogP contribution in [0.1, 0.15) is 5.56 Å². The number of nitrogens with zero attached hydrogens (tertiary/aromatic N) is 2. The van der Waals surface area contributed by atoms with Gasteiger partial charge in [0.1, 0.15) is 5.15 Å². The van der Waals surface area contributed by atoms with Crippen molar-refractivity contribution in [3.05, 3.63) is 57.2 Å². The maximum Gasteiger partial charge on any atom is 0.163 e. The van der Waals surface area contributed by atoms with Crippen molar-refractivity contribution in [1.82, 2.24) is 9.97 Å². The van der Waals surface area contributed by atoms with Gasteiger partial charge < -0.3 is 0 Å². The predicted molar refractivity (Wildman–Crippen MR) is 84.7 cm³/mol. The molecule has 0 aliphatic carbocycles. The molecule has 3 rings (SSSR count). The van der Waals surface area contributed by atoms with Crippen LogP contribution in [-0.4, -0.2) is 9.97 Å². The van der Waals surface area contributed by atoms with Crippen LogP contribution in [0.4, 0.5) is 0 Å². The van der Waals surface area contributed by atoms with Gasteiger partial charge in [-0.2, -0.15) is 0 Å². The molecule has 0 aliphatic rings. The molecule has 0 bridgehead atoms.